The third-order valence-electron chi connectivity index (χ3n) is 3.30. The number of hydrogen-bond donors (Lipinski definition) is 0. The smallest absolute Gasteiger partial charge is 0.406 e. The van der Waals surface area contributed by atoms with Crippen LogP contribution in [0.4, 0.5) is 0 Å². The van der Waals surface area contributed by atoms with Crippen molar-refractivity contribution in [2.24, 2.45) is 7.05 Å². The van der Waals surface area contributed by atoms with Gasteiger partial charge in [-0.05, 0) is 18.6 Å². The highest BCUT2D eigenvalue weighted by Crippen LogP contribution is 2.26. The third-order valence-corrected chi connectivity index (χ3v) is 3.30. The van der Waals surface area contributed by atoms with Crippen molar-refractivity contribution in [2.75, 3.05) is 6.61 Å². The maximum absolute atomic E-state index is 11.8. The number of carbonyl (C=O) groups excluding carboxylic acids is 1. The van der Waals surface area contributed by atoms with Gasteiger partial charge in [-0.15, -0.1) is 4.68 Å². The van der Waals surface area contributed by atoms with Gasteiger partial charge in [-0.3, -0.25) is 0 Å². The lowest BCUT2D eigenvalue weighted by Crippen LogP contribution is -2.43. The second kappa shape index (κ2) is 3.98. The molecule has 1 aliphatic heterocycles. The number of esters is 1. The largest absolute Gasteiger partial charge is 0.458 e. The molecule has 0 radical (unpaired) electrons. The highest BCUT2D eigenvalue weighted by molar-refractivity contribution is 5.86. The van der Waals surface area contributed by atoms with Crippen LogP contribution in [0.5, 0.6) is 0 Å². The molecule has 1 aliphatic rings. The van der Waals surface area contributed by atoms with Gasteiger partial charge >= 0.3 is 11.7 Å². The lowest BCUT2D eigenvalue weighted by atomic mass is 10.1. The zero-order chi connectivity index (χ0) is 12.7. The van der Waals surface area contributed by atoms with Crippen LogP contribution >= 0.6 is 0 Å². The average molecular weight is 243 g/mol. The van der Waals surface area contributed by atoms with Crippen molar-refractivity contribution in [1.82, 2.24) is 4.68 Å². The molecule has 1 aromatic heterocycles. The number of rotatable bonds is 2. The van der Waals surface area contributed by atoms with Gasteiger partial charge < -0.3 is 4.74 Å². The summed E-state index contributed by atoms with van der Waals surface area (Å²) >= 11 is 0. The summed E-state index contributed by atoms with van der Waals surface area (Å²) in [4.78, 5) is 11.8. The Bertz CT molecular complexity index is 629. The van der Waals surface area contributed by atoms with Gasteiger partial charge in [-0.2, -0.15) is 0 Å². The molecule has 0 unspecified atom stereocenters. The number of carbonyl (C=O) groups is 1. The SMILES string of the molecule is CCOC(=O)c1cc2n([n+]1C)-c1ccccc1C2. The molecule has 3 rings (SSSR count). The Morgan fingerprint density at radius 1 is 1.44 bits per heavy atom. The maximum atomic E-state index is 11.8. The molecule has 0 spiro atoms. The number of para-hydroxylation sites is 1. The fraction of sp³-hybridized carbons (Fsp3) is 0.286. The van der Waals surface area contributed by atoms with E-state index in [9.17, 15) is 4.79 Å². The first kappa shape index (κ1) is 11.0. The van der Waals surface area contributed by atoms with Crippen molar-refractivity contribution >= 4 is 5.97 Å². The molecule has 2 heterocycles. The lowest BCUT2D eigenvalue weighted by molar-refractivity contribution is -0.746. The molecule has 0 atom stereocenters. The maximum Gasteiger partial charge on any atom is 0.406 e. The van der Waals surface area contributed by atoms with E-state index in [1.54, 1.807) is 0 Å². The molecule has 4 nitrogen and oxygen atoms in total. The predicted octanol–water partition coefficient (Wildman–Crippen LogP) is 1.38. The van der Waals surface area contributed by atoms with Crippen LogP contribution in [0.25, 0.3) is 5.69 Å². The van der Waals surface area contributed by atoms with Gasteiger partial charge in [0.25, 0.3) is 0 Å². The van der Waals surface area contributed by atoms with E-state index < -0.39 is 0 Å². The molecule has 4 heteroatoms. The van der Waals surface area contributed by atoms with E-state index in [-0.39, 0.29) is 5.97 Å². The first-order valence-electron chi connectivity index (χ1n) is 6.08. The normalized spacial score (nSPS) is 12.1. The quantitative estimate of drug-likeness (QED) is 0.503. The van der Waals surface area contributed by atoms with Gasteiger partial charge in [0.15, 0.2) is 7.05 Å². The fourth-order valence-corrected chi connectivity index (χ4v) is 2.51. The van der Waals surface area contributed by atoms with Gasteiger partial charge in [0.2, 0.25) is 0 Å². The zero-order valence-electron chi connectivity index (χ0n) is 10.5. The van der Waals surface area contributed by atoms with Crippen LogP contribution in [0, 0.1) is 0 Å². The molecule has 18 heavy (non-hydrogen) atoms. The van der Waals surface area contributed by atoms with Crippen LogP contribution in [0.1, 0.15) is 28.7 Å². The summed E-state index contributed by atoms with van der Waals surface area (Å²) in [5, 5.41) is 0. The molecule has 2 aromatic rings. The summed E-state index contributed by atoms with van der Waals surface area (Å²) in [5.41, 5.74) is 4.16. The van der Waals surface area contributed by atoms with E-state index >= 15 is 0 Å². The minimum Gasteiger partial charge on any atom is -0.458 e. The topological polar surface area (TPSA) is 35.1 Å². The van der Waals surface area contributed by atoms with Crippen LogP contribution in [0.15, 0.2) is 30.3 Å². The third kappa shape index (κ3) is 1.45. The fourth-order valence-electron chi connectivity index (χ4n) is 2.51. The van der Waals surface area contributed by atoms with Gasteiger partial charge in [-0.25, -0.2) is 4.79 Å². The Morgan fingerprint density at radius 3 is 3.00 bits per heavy atom. The first-order chi connectivity index (χ1) is 8.72. The van der Waals surface area contributed by atoms with E-state index in [1.807, 2.05) is 36.9 Å². The Labute approximate surface area is 105 Å². The molecule has 0 bridgehead atoms. The summed E-state index contributed by atoms with van der Waals surface area (Å²) in [6.45, 7) is 2.22. The Balaban J connectivity index is 2.10. The van der Waals surface area contributed by atoms with Crippen molar-refractivity contribution in [3.8, 4) is 5.69 Å². The van der Waals surface area contributed by atoms with Crippen LogP contribution in [0.3, 0.4) is 0 Å². The van der Waals surface area contributed by atoms with Gasteiger partial charge in [0.1, 0.15) is 5.69 Å². The van der Waals surface area contributed by atoms with E-state index in [4.69, 9.17) is 4.74 Å². The molecule has 0 aliphatic carbocycles. The Hall–Kier alpha value is -2.10. The number of aromatic nitrogens is 2. The standard InChI is InChI=1S/C14H15N2O2/c1-3-18-14(17)13-9-11-8-10-6-4-5-7-12(10)16(11)15(13)2/h4-7,9H,3,8H2,1-2H3/q+1. The van der Waals surface area contributed by atoms with E-state index in [0.29, 0.717) is 12.3 Å². The van der Waals surface area contributed by atoms with Gasteiger partial charge in [-0.1, -0.05) is 22.9 Å². The Morgan fingerprint density at radius 2 is 2.22 bits per heavy atom. The summed E-state index contributed by atoms with van der Waals surface area (Å²) in [6.07, 6.45) is 0.865. The van der Waals surface area contributed by atoms with Crippen molar-refractivity contribution < 1.29 is 14.2 Å². The van der Waals surface area contributed by atoms with Crippen molar-refractivity contribution in [3.63, 3.8) is 0 Å². The number of ether oxygens (including phenoxy) is 1. The minimum atomic E-state index is -0.264. The average Bonchev–Trinajstić information content (AvgIpc) is 2.87. The second-order valence-corrected chi connectivity index (χ2v) is 4.38. The second-order valence-electron chi connectivity index (χ2n) is 4.38. The Kier molecular flexibility index (Phi) is 2.44. The molecule has 1 aromatic carbocycles. The highest BCUT2D eigenvalue weighted by atomic mass is 16.5. The van der Waals surface area contributed by atoms with E-state index in [0.717, 1.165) is 17.8 Å². The molecule has 92 valence electrons. The number of benzene rings is 1. The van der Waals surface area contributed by atoms with Crippen molar-refractivity contribution in [3.05, 3.63) is 47.3 Å². The number of hydrogen-bond acceptors (Lipinski definition) is 2. The number of fused-ring (bicyclic) bond motifs is 3. The highest BCUT2D eigenvalue weighted by Gasteiger charge is 2.32. The van der Waals surface area contributed by atoms with Crippen LogP contribution in [-0.2, 0) is 18.2 Å². The molecule has 0 saturated heterocycles. The van der Waals surface area contributed by atoms with Gasteiger partial charge in [0.05, 0.1) is 12.3 Å². The first-order valence-corrected chi connectivity index (χ1v) is 6.08. The van der Waals surface area contributed by atoms with E-state index in [2.05, 4.69) is 16.8 Å². The summed E-state index contributed by atoms with van der Waals surface area (Å²) in [5.74, 6) is -0.264. The molecular formula is C14H15N2O2+. The summed E-state index contributed by atoms with van der Waals surface area (Å²) in [7, 11) is 1.89. The lowest BCUT2D eigenvalue weighted by Gasteiger charge is -2.01. The van der Waals surface area contributed by atoms with Crippen LogP contribution in [-0.4, -0.2) is 17.3 Å². The molecule has 0 N–H and O–H groups in total. The van der Waals surface area contributed by atoms with Crippen molar-refractivity contribution in [2.45, 2.75) is 13.3 Å². The molecule has 0 amide bonds. The van der Waals surface area contributed by atoms with Crippen molar-refractivity contribution in [1.29, 1.82) is 0 Å². The minimum absolute atomic E-state index is 0.264. The molecule has 0 saturated carbocycles. The zero-order valence-corrected chi connectivity index (χ0v) is 10.5. The number of nitrogens with zero attached hydrogens (tertiary/aromatic N) is 2. The monoisotopic (exact) mass is 243 g/mol. The predicted molar refractivity (Wildman–Crippen MR) is 65.7 cm³/mol. The molecular weight excluding hydrogens is 228 g/mol. The summed E-state index contributed by atoms with van der Waals surface area (Å²) < 4.78 is 8.99. The van der Waals surface area contributed by atoms with Gasteiger partial charge in [0, 0.05) is 12.5 Å². The summed E-state index contributed by atoms with van der Waals surface area (Å²) in [6, 6.07) is 10.2. The van der Waals surface area contributed by atoms with Crippen LogP contribution in [0.2, 0.25) is 0 Å². The molecule has 0 fully saturated rings. The van der Waals surface area contributed by atoms with Crippen LogP contribution < -0.4 is 4.68 Å². The van der Waals surface area contributed by atoms with E-state index in [1.165, 1.54) is 5.56 Å².